The SMILES string of the molecule is O=[N+]([O-])c1cc(-c2cc(-c3ccc(C(F)(F)F)nc3)on2)cc(O)c1O. The maximum Gasteiger partial charge on any atom is 0.433 e. The van der Waals surface area contributed by atoms with Gasteiger partial charge in [0.15, 0.2) is 11.5 Å². The third kappa shape index (κ3) is 3.14. The molecule has 26 heavy (non-hydrogen) atoms. The minimum absolute atomic E-state index is 0.0662. The number of hydrogen-bond acceptors (Lipinski definition) is 7. The van der Waals surface area contributed by atoms with E-state index in [-0.39, 0.29) is 22.6 Å². The van der Waals surface area contributed by atoms with Crippen LogP contribution < -0.4 is 0 Å². The van der Waals surface area contributed by atoms with Gasteiger partial charge in [0.2, 0.25) is 5.75 Å². The maximum absolute atomic E-state index is 12.5. The van der Waals surface area contributed by atoms with E-state index < -0.39 is 34.0 Å². The number of benzene rings is 1. The predicted molar refractivity (Wildman–Crippen MR) is 80.2 cm³/mol. The molecule has 134 valence electrons. The monoisotopic (exact) mass is 367 g/mol. The molecule has 0 saturated heterocycles. The number of phenolic OH excluding ortho intramolecular Hbond substituents is 2. The van der Waals surface area contributed by atoms with Crippen molar-refractivity contribution in [3.8, 4) is 34.1 Å². The fourth-order valence-electron chi connectivity index (χ4n) is 2.15. The summed E-state index contributed by atoms with van der Waals surface area (Å²) in [6.45, 7) is 0. The van der Waals surface area contributed by atoms with E-state index in [2.05, 4.69) is 10.1 Å². The summed E-state index contributed by atoms with van der Waals surface area (Å²) in [6.07, 6.45) is -3.63. The van der Waals surface area contributed by atoms with Gasteiger partial charge in [-0.2, -0.15) is 13.2 Å². The second-order valence-electron chi connectivity index (χ2n) is 5.13. The van der Waals surface area contributed by atoms with Crippen LogP contribution in [-0.2, 0) is 6.18 Å². The lowest BCUT2D eigenvalue weighted by Gasteiger charge is -2.04. The molecular weight excluding hydrogens is 359 g/mol. The normalized spacial score (nSPS) is 11.5. The number of phenols is 2. The topological polar surface area (TPSA) is 123 Å². The summed E-state index contributed by atoms with van der Waals surface area (Å²) in [5, 5.41) is 33.6. The molecule has 0 saturated carbocycles. The Hall–Kier alpha value is -3.63. The van der Waals surface area contributed by atoms with E-state index in [9.17, 15) is 33.5 Å². The quantitative estimate of drug-likeness (QED) is 0.411. The van der Waals surface area contributed by atoms with Crippen molar-refractivity contribution in [1.29, 1.82) is 0 Å². The summed E-state index contributed by atoms with van der Waals surface area (Å²) in [7, 11) is 0. The highest BCUT2D eigenvalue weighted by atomic mass is 19.4. The van der Waals surface area contributed by atoms with Crippen molar-refractivity contribution in [2.75, 3.05) is 0 Å². The molecule has 2 N–H and O–H groups in total. The van der Waals surface area contributed by atoms with Gasteiger partial charge in [-0.15, -0.1) is 0 Å². The van der Waals surface area contributed by atoms with E-state index >= 15 is 0 Å². The van der Waals surface area contributed by atoms with E-state index in [1.54, 1.807) is 0 Å². The summed E-state index contributed by atoms with van der Waals surface area (Å²) in [6, 6.07) is 5.22. The van der Waals surface area contributed by atoms with Crippen molar-refractivity contribution in [1.82, 2.24) is 10.1 Å². The van der Waals surface area contributed by atoms with E-state index in [0.29, 0.717) is 0 Å². The number of nitro benzene ring substituents is 1. The number of alkyl halides is 3. The van der Waals surface area contributed by atoms with Gasteiger partial charge in [0.1, 0.15) is 11.4 Å². The Bertz CT molecular complexity index is 983. The van der Waals surface area contributed by atoms with Crippen molar-refractivity contribution in [2.45, 2.75) is 6.18 Å². The molecule has 0 atom stereocenters. The maximum atomic E-state index is 12.5. The molecule has 0 aliphatic rings. The summed E-state index contributed by atoms with van der Waals surface area (Å²) in [5.41, 5.74) is -1.46. The fraction of sp³-hybridized carbons (Fsp3) is 0.0667. The molecule has 0 aliphatic carbocycles. The Balaban J connectivity index is 1.97. The summed E-state index contributed by atoms with van der Waals surface area (Å²) < 4.78 is 42.6. The number of rotatable bonds is 3. The lowest BCUT2D eigenvalue weighted by molar-refractivity contribution is -0.385. The largest absolute Gasteiger partial charge is 0.504 e. The molecule has 0 unspecified atom stereocenters. The zero-order valence-electron chi connectivity index (χ0n) is 12.6. The Morgan fingerprint density at radius 3 is 2.42 bits per heavy atom. The zero-order chi connectivity index (χ0) is 19.1. The van der Waals surface area contributed by atoms with Crippen LogP contribution in [0.3, 0.4) is 0 Å². The number of pyridine rings is 1. The van der Waals surface area contributed by atoms with Crippen molar-refractivity contribution in [3.63, 3.8) is 0 Å². The molecule has 2 heterocycles. The third-order valence-electron chi connectivity index (χ3n) is 3.41. The first-order valence-electron chi connectivity index (χ1n) is 6.88. The van der Waals surface area contributed by atoms with Crippen LogP contribution in [0.4, 0.5) is 18.9 Å². The van der Waals surface area contributed by atoms with Crippen molar-refractivity contribution in [2.24, 2.45) is 0 Å². The molecule has 0 bridgehead atoms. The van der Waals surface area contributed by atoms with Gasteiger partial charge in [0.25, 0.3) is 0 Å². The average molecular weight is 367 g/mol. The first-order chi connectivity index (χ1) is 12.2. The van der Waals surface area contributed by atoms with Crippen LogP contribution in [0.2, 0.25) is 0 Å². The molecule has 2 aromatic heterocycles. The zero-order valence-corrected chi connectivity index (χ0v) is 12.6. The van der Waals surface area contributed by atoms with E-state index in [1.165, 1.54) is 6.07 Å². The average Bonchev–Trinajstić information content (AvgIpc) is 3.06. The van der Waals surface area contributed by atoms with Crippen LogP contribution in [-0.4, -0.2) is 25.3 Å². The van der Waals surface area contributed by atoms with Gasteiger partial charge in [-0.3, -0.25) is 15.1 Å². The Morgan fingerprint density at radius 2 is 1.85 bits per heavy atom. The number of halogens is 3. The molecule has 0 spiro atoms. The van der Waals surface area contributed by atoms with Gasteiger partial charge >= 0.3 is 11.9 Å². The highest BCUT2D eigenvalue weighted by Gasteiger charge is 2.32. The predicted octanol–water partition coefficient (Wildman–Crippen LogP) is 3.74. The van der Waals surface area contributed by atoms with Gasteiger partial charge in [-0.1, -0.05) is 5.16 Å². The summed E-state index contributed by atoms with van der Waals surface area (Å²) in [4.78, 5) is 13.3. The van der Waals surface area contributed by atoms with Crippen LogP contribution in [0.15, 0.2) is 41.1 Å². The smallest absolute Gasteiger partial charge is 0.433 e. The number of hydrogen-bond donors (Lipinski definition) is 2. The number of aromatic hydroxyl groups is 2. The van der Waals surface area contributed by atoms with Gasteiger partial charge < -0.3 is 14.7 Å². The molecule has 3 aromatic rings. The molecule has 11 heteroatoms. The number of nitro groups is 1. The Kier molecular flexibility index (Phi) is 3.98. The molecule has 0 aliphatic heterocycles. The number of aromatic nitrogens is 2. The second kappa shape index (κ2) is 6.02. The van der Waals surface area contributed by atoms with Crippen LogP contribution in [0, 0.1) is 10.1 Å². The standard InChI is InChI=1S/C15H8F3N3O5/c16-15(17,18)13-2-1-7(6-19-13)12-5-9(20-26-12)8-3-10(21(24)25)14(23)11(22)4-8/h1-6,22-23H. The Labute approximate surface area is 142 Å². The van der Waals surface area contributed by atoms with Crippen LogP contribution >= 0.6 is 0 Å². The summed E-state index contributed by atoms with van der Waals surface area (Å²) in [5.74, 6) is -1.55. The van der Waals surface area contributed by atoms with Crippen molar-refractivity contribution >= 4 is 5.69 Å². The molecule has 3 rings (SSSR count). The minimum Gasteiger partial charge on any atom is -0.504 e. The molecular formula is C15H8F3N3O5. The lowest BCUT2D eigenvalue weighted by atomic mass is 10.1. The number of nitrogens with zero attached hydrogens (tertiary/aromatic N) is 3. The first kappa shape index (κ1) is 17.2. The van der Waals surface area contributed by atoms with Gasteiger partial charge in [0.05, 0.1) is 4.92 Å². The molecule has 8 nitrogen and oxygen atoms in total. The molecule has 0 fully saturated rings. The van der Waals surface area contributed by atoms with E-state index in [1.807, 2.05) is 0 Å². The van der Waals surface area contributed by atoms with Gasteiger partial charge in [-0.25, -0.2) is 0 Å². The second-order valence-corrected chi connectivity index (χ2v) is 5.13. The van der Waals surface area contributed by atoms with Gasteiger partial charge in [-0.05, 0) is 18.2 Å². The molecule has 0 radical (unpaired) electrons. The van der Waals surface area contributed by atoms with Crippen LogP contribution in [0.25, 0.3) is 22.6 Å². The Morgan fingerprint density at radius 1 is 1.12 bits per heavy atom. The lowest BCUT2D eigenvalue weighted by Crippen LogP contribution is -2.07. The van der Waals surface area contributed by atoms with Crippen LogP contribution in [0.1, 0.15) is 5.69 Å². The summed E-state index contributed by atoms with van der Waals surface area (Å²) >= 11 is 0. The highest BCUT2D eigenvalue weighted by Crippen LogP contribution is 2.39. The van der Waals surface area contributed by atoms with E-state index in [0.717, 1.165) is 30.5 Å². The highest BCUT2D eigenvalue weighted by molar-refractivity contribution is 5.72. The minimum atomic E-state index is -4.58. The third-order valence-corrected chi connectivity index (χ3v) is 3.41. The van der Waals surface area contributed by atoms with Crippen molar-refractivity contribution < 1.29 is 32.8 Å². The van der Waals surface area contributed by atoms with Crippen LogP contribution in [0.5, 0.6) is 11.5 Å². The van der Waals surface area contributed by atoms with Crippen molar-refractivity contribution in [3.05, 3.63) is 52.3 Å². The van der Waals surface area contributed by atoms with E-state index in [4.69, 9.17) is 4.52 Å². The first-order valence-corrected chi connectivity index (χ1v) is 6.88. The van der Waals surface area contributed by atoms with Gasteiger partial charge in [0, 0.05) is 29.5 Å². The molecule has 1 aromatic carbocycles. The fourth-order valence-corrected chi connectivity index (χ4v) is 2.15. The molecule has 0 amide bonds.